The summed E-state index contributed by atoms with van der Waals surface area (Å²) in [6.45, 7) is 1.57. The van der Waals surface area contributed by atoms with E-state index in [1.165, 1.54) is 37.3 Å². The monoisotopic (exact) mass is 607 g/mol. The Kier molecular flexibility index (Phi) is 11.1. The maximum absolute atomic E-state index is 14.3. The molecule has 43 heavy (non-hydrogen) atoms. The van der Waals surface area contributed by atoms with Crippen LogP contribution in [0, 0.1) is 0 Å². The summed E-state index contributed by atoms with van der Waals surface area (Å²) in [5, 5.41) is 3.14. The molecule has 0 aromatic heterocycles. The van der Waals surface area contributed by atoms with E-state index >= 15 is 0 Å². The van der Waals surface area contributed by atoms with Crippen LogP contribution in [0.4, 0.5) is 5.69 Å². The Morgan fingerprint density at radius 1 is 0.930 bits per heavy atom. The number of benzene rings is 3. The molecule has 0 spiro atoms. The third-order valence-corrected chi connectivity index (χ3v) is 9.61. The van der Waals surface area contributed by atoms with E-state index in [0.717, 1.165) is 35.6 Å². The molecule has 3 aromatic rings. The second-order valence-electron chi connectivity index (χ2n) is 10.6. The molecule has 1 N–H and O–H groups in total. The minimum Gasteiger partial charge on any atom is -0.497 e. The van der Waals surface area contributed by atoms with Crippen molar-refractivity contribution >= 4 is 27.5 Å². The summed E-state index contributed by atoms with van der Waals surface area (Å²) in [7, 11) is -1.31. The van der Waals surface area contributed by atoms with Gasteiger partial charge >= 0.3 is 0 Å². The first-order valence-corrected chi connectivity index (χ1v) is 16.2. The fourth-order valence-corrected chi connectivity index (χ4v) is 6.93. The molecule has 1 fully saturated rings. The van der Waals surface area contributed by atoms with Crippen molar-refractivity contribution in [3.8, 4) is 11.5 Å². The van der Waals surface area contributed by atoms with Crippen LogP contribution >= 0.6 is 0 Å². The summed E-state index contributed by atoms with van der Waals surface area (Å²) in [5.41, 5.74) is 1.17. The molecule has 1 saturated carbocycles. The third-order valence-electron chi connectivity index (χ3n) is 7.84. The van der Waals surface area contributed by atoms with Gasteiger partial charge in [-0.05, 0) is 55.5 Å². The fourth-order valence-electron chi connectivity index (χ4n) is 5.49. The maximum atomic E-state index is 14.3. The molecule has 0 heterocycles. The number of hydrogen-bond acceptors (Lipinski definition) is 6. The van der Waals surface area contributed by atoms with Crippen molar-refractivity contribution in [3.05, 3.63) is 84.4 Å². The largest absolute Gasteiger partial charge is 0.497 e. The van der Waals surface area contributed by atoms with Crippen LogP contribution in [-0.2, 0) is 26.0 Å². The smallest absolute Gasteiger partial charge is 0.264 e. The predicted octanol–water partition coefficient (Wildman–Crippen LogP) is 4.81. The van der Waals surface area contributed by atoms with E-state index in [4.69, 9.17) is 9.47 Å². The Balaban J connectivity index is 1.73. The third kappa shape index (κ3) is 7.87. The van der Waals surface area contributed by atoms with Crippen LogP contribution < -0.4 is 19.1 Å². The molecule has 1 aliphatic rings. The Hall–Kier alpha value is -4.05. The molecule has 0 aliphatic heterocycles. The van der Waals surface area contributed by atoms with Gasteiger partial charge in [-0.3, -0.25) is 13.9 Å². The lowest BCUT2D eigenvalue weighted by Gasteiger charge is -2.34. The first kappa shape index (κ1) is 31.9. The van der Waals surface area contributed by atoms with Crippen LogP contribution in [0.1, 0.15) is 44.6 Å². The summed E-state index contributed by atoms with van der Waals surface area (Å²) < 4.78 is 40.2. The second kappa shape index (κ2) is 14.9. The molecular formula is C33H41N3O6S. The van der Waals surface area contributed by atoms with Crippen LogP contribution in [0.3, 0.4) is 0 Å². The average molecular weight is 608 g/mol. The highest BCUT2D eigenvalue weighted by Gasteiger charge is 2.35. The molecule has 3 aromatic carbocycles. The second-order valence-corrected chi connectivity index (χ2v) is 12.5. The van der Waals surface area contributed by atoms with E-state index in [1.54, 1.807) is 30.3 Å². The van der Waals surface area contributed by atoms with E-state index in [0.29, 0.717) is 18.6 Å². The molecule has 0 bridgehead atoms. The maximum Gasteiger partial charge on any atom is 0.264 e. The number of nitrogens with zero attached hydrogens (tertiary/aromatic N) is 2. The predicted molar refractivity (Wildman–Crippen MR) is 167 cm³/mol. The normalized spacial score (nSPS) is 14.1. The van der Waals surface area contributed by atoms with Gasteiger partial charge < -0.3 is 19.7 Å². The standard InChI is InChI=1S/C33H41N3O6S/c1-4-29(33(38)34-26-15-11-12-16-26)35(22-21-25-13-7-5-8-14-25)32(37)24-36(43(39,40)28-17-9-6-10-18-28)30-23-27(41-2)19-20-31(30)42-3/h5-10,13-14,17-20,23,26,29H,4,11-12,15-16,21-22,24H2,1-3H3,(H,34,38)/t29-/m0/s1. The van der Waals surface area contributed by atoms with Gasteiger partial charge in [0.15, 0.2) is 0 Å². The van der Waals surface area contributed by atoms with Gasteiger partial charge in [-0.15, -0.1) is 0 Å². The molecule has 0 unspecified atom stereocenters. The van der Waals surface area contributed by atoms with Gasteiger partial charge in [0.05, 0.1) is 24.8 Å². The van der Waals surface area contributed by atoms with Crippen molar-refractivity contribution in [2.45, 2.75) is 62.4 Å². The van der Waals surface area contributed by atoms with Crippen molar-refractivity contribution in [2.24, 2.45) is 0 Å². The molecule has 9 nitrogen and oxygen atoms in total. The van der Waals surface area contributed by atoms with Crippen molar-refractivity contribution in [2.75, 3.05) is 31.6 Å². The van der Waals surface area contributed by atoms with E-state index in [2.05, 4.69) is 5.32 Å². The highest BCUT2D eigenvalue weighted by atomic mass is 32.2. The molecular weight excluding hydrogens is 566 g/mol. The number of ether oxygens (including phenoxy) is 2. The SMILES string of the molecule is CC[C@@H](C(=O)NC1CCCC1)N(CCc1ccccc1)C(=O)CN(c1cc(OC)ccc1OC)S(=O)(=O)c1ccccc1. The van der Waals surface area contributed by atoms with E-state index in [1.807, 2.05) is 37.3 Å². The van der Waals surface area contributed by atoms with Gasteiger partial charge in [0.25, 0.3) is 10.0 Å². The highest BCUT2D eigenvalue weighted by molar-refractivity contribution is 7.92. The summed E-state index contributed by atoms with van der Waals surface area (Å²) in [6, 6.07) is 21.8. The number of sulfonamides is 1. The first-order valence-electron chi connectivity index (χ1n) is 14.7. The number of amides is 2. The molecule has 0 radical (unpaired) electrons. The lowest BCUT2D eigenvalue weighted by Crippen LogP contribution is -2.54. The Bertz CT molecular complexity index is 1460. The van der Waals surface area contributed by atoms with Crippen LogP contribution in [0.25, 0.3) is 0 Å². The molecule has 230 valence electrons. The average Bonchev–Trinajstić information content (AvgIpc) is 3.55. The molecule has 1 atom stereocenters. The van der Waals surface area contributed by atoms with Gasteiger partial charge in [-0.1, -0.05) is 68.3 Å². The van der Waals surface area contributed by atoms with E-state index in [9.17, 15) is 18.0 Å². The zero-order valence-electron chi connectivity index (χ0n) is 25.1. The number of methoxy groups -OCH3 is 2. The van der Waals surface area contributed by atoms with Crippen molar-refractivity contribution in [1.29, 1.82) is 0 Å². The van der Waals surface area contributed by atoms with Crippen molar-refractivity contribution < 1.29 is 27.5 Å². The van der Waals surface area contributed by atoms with Gasteiger partial charge in [-0.2, -0.15) is 0 Å². The van der Waals surface area contributed by atoms with Crippen molar-refractivity contribution in [3.63, 3.8) is 0 Å². The van der Waals surface area contributed by atoms with E-state index in [-0.39, 0.29) is 34.8 Å². The summed E-state index contributed by atoms with van der Waals surface area (Å²) in [4.78, 5) is 29.4. The summed E-state index contributed by atoms with van der Waals surface area (Å²) >= 11 is 0. The van der Waals surface area contributed by atoms with Gasteiger partial charge in [0, 0.05) is 18.7 Å². The van der Waals surface area contributed by atoms with Gasteiger partial charge in [0.1, 0.15) is 24.1 Å². The molecule has 4 rings (SSSR count). The lowest BCUT2D eigenvalue weighted by molar-refractivity contribution is -0.139. The molecule has 2 amide bonds. The van der Waals surface area contributed by atoms with Crippen LogP contribution in [0.15, 0.2) is 83.8 Å². The molecule has 1 aliphatic carbocycles. The Morgan fingerprint density at radius 3 is 2.19 bits per heavy atom. The highest BCUT2D eigenvalue weighted by Crippen LogP contribution is 2.36. The van der Waals surface area contributed by atoms with Crippen LogP contribution in [0.5, 0.6) is 11.5 Å². The number of carbonyl (C=O) groups is 2. The van der Waals surface area contributed by atoms with Crippen LogP contribution in [-0.4, -0.2) is 64.5 Å². The fraction of sp³-hybridized carbons (Fsp3) is 0.394. The number of rotatable bonds is 14. The topological polar surface area (TPSA) is 105 Å². The zero-order valence-corrected chi connectivity index (χ0v) is 25.9. The minimum atomic E-state index is -4.23. The number of nitrogens with one attached hydrogen (secondary N) is 1. The van der Waals surface area contributed by atoms with E-state index < -0.39 is 28.5 Å². The number of carbonyl (C=O) groups excluding carboxylic acids is 2. The zero-order chi connectivity index (χ0) is 30.8. The Labute approximate surface area is 254 Å². The number of anilines is 1. The quantitative estimate of drug-likeness (QED) is 0.282. The van der Waals surface area contributed by atoms with Gasteiger partial charge in [0.2, 0.25) is 11.8 Å². The molecule has 10 heteroatoms. The van der Waals surface area contributed by atoms with Crippen molar-refractivity contribution in [1.82, 2.24) is 10.2 Å². The first-order chi connectivity index (χ1) is 20.8. The Morgan fingerprint density at radius 2 is 1.58 bits per heavy atom. The minimum absolute atomic E-state index is 0.0227. The van der Waals surface area contributed by atoms with Crippen LogP contribution in [0.2, 0.25) is 0 Å². The van der Waals surface area contributed by atoms with Gasteiger partial charge in [-0.25, -0.2) is 8.42 Å². The summed E-state index contributed by atoms with van der Waals surface area (Å²) in [5.74, 6) is -0.0456. The molecule has 0 saturated heterocycles. The summed E-state index contributed by atoms with van der Waals surface area (Å²) in [6.07, 6.45) is 4.85. The lowest BCUT2D eigenvalue weighted by atomic mass is 10.1. The number of hydrogen-bond donors (Lipinski definition) is 1.